The highest BCUT2D eigenvalue weighted by Gasteiger charge is 2.27. The van der Waals surface area contributed by atoms with Gasteiger partial charge in [-0.1, -0.05) is 43.2 Å². The van der Waals surface area contributed by atoms with Gasteiger partial charge in [0, 0.05) is 50.4 Å². The van der Waals surface area contributed by atoms with Crippen molar-refractivity contribution < 1.29 is 14.3 Å². The second kappa shape index (κ2) is 19.6. The van der Waals surface area contributed by atoms with Gasteiger partial charge in [0.25, 0.3) is 0 Å². The number of amidine groups is 2. The minimum absolute atomic E-state index is 0.0906. The molecule has 1 saturated heterocycles. The van der Waals surface area contributed by atoms with E-state index in [1.54, 1.807) is 26.4 Å². The van der Waals surface area contributed by atoms with E-state index >= 15 is 0 Å². The summed E-state index contributed by atoms with van der Waals surface area (Å²) in [5.41, 5.74) is 1.04. The molecule has 2 amide bonds. The van der Waals surface area contributed by atoms with Crippen LogP contribution in [0.1, 0.15) is 84.6 Å². The summed E-state index contributed by atoms with van der Waals surface area (Å²) in [4.78, 5) is 25.8. The molecular weight excluding hydrogens is 654 g/mol. The van der Waals surface area contributed by atoms with Gasteiger partial charge in [0.05, 0.1) is 26.3 Å². The number of amides is 2. The Hall–Kier alpha value is -4.19. The fourth-order valence-corrected chi connectivity index (χ4v) is 6.97. The number of ether oxygens (including phenoxy) is 2. The first-order valence-corrected chi connectivity index (χ1v) is 18.9. The number of piperidine rings is 1. The maximum atomic E-state index is 13.2. The van der Waals surface area contributed by atoms with Crippen LogP contribution in [-0.2, 0) is 0 Å². The first-order chi connectivity index (χ1) is 24.9. The molecule has 1 aromatic carbocycles. The Kier molecular flexibility index (Phi) is 15.3. The number of benzene rings is 1. The second-order valence-corrected chi connectivity index (χ2v) is 15.4. The van der Waals surface area contributed by atoms with Crippen LogP contribution in [-0.4, -0.2) is 98.8 Å². The second-order valence-electron chi connectivity index (χ2n) is 15.4. The number of aliphatic imine (C=N–C) groups is 2. The highest BCUT2D eigenvalue weighted by atomic mass is 16.5. The molecule has 1 aliphatic carbocycles. The number of urea groups is 1. The van der Waals surface area contributed by atoms with Gasteiger partial charge in [0.2, 0.25) is 0 Å². The summed E-state index contributed by atoms with van der Waals surface area (Å²) in [5, 5.41) is 20.6. The predicted molar refractivity (Wildman–Crippen MR) is 212 cm³/mol. The molecule has 0 bridgehead atoms. The van der Waals surface area contributed by atoms with Crippen molar-refractivity contribution >= 4 is 23.3 Å². The summed E-state index contributed by atoms with van der Waals surface area (Å²) in [6.07, 6.45) is 14.8. The van der Waals surface area contributed by atoms with Gasteiger partial charge in [-0.05, 0) is 95.4 Å². The van der Waals surface area contributed by atoms with Gasteiger partial charge >= 0.3 is 6.03 Å². The number of likely N-dealkylation sites (tertiary alicyclic amines) is 1. The molecule has 2 heterocycles. The van der Waals surface area contributed by atoms with Gasteiger partial charge in [-0.25, -0.2) is 14.8 Å². The van der Waals surface area contributed by atoms with Crippen molar-refractivity contribution in [2.45, 2.75) is 103 Å². The number of rotatable bonds is 13. The van der Waals surface area contributed by atoms with E-state index in [2.05, 4.69) is 44.3 Å². The molecule has 2 fully saturated rings. The maximum absolute atomic E-state index is 13.2. The van der Waals surface area contributed by atoms with Crippen LogP contribution in [0.2, 0.25) is 0 Å². The molecule has 12 heteroatoms. The van der Waals surface area contributed by atoms with Crippen molar-refractivity contribution in [2.75, 3.05) is 47.4 Å². The molecule has 3 unspecified atom stereocenters. The number of carbonyl (C=O) groups excluding carboxylic acids is 1. The number of allylic oxidation sites excluding steroid dienone is 2. The lowest BCUT2D eigenvalue weighted by Gasteiger charge is -2.37. The zero-order valence-electron chi connectivity index (χ0n) is 32.7. The third-order valence-electron chi connectivity index (χ3n) is 9.86. The van der Waals surface area contributed by atoms with Gasteiger partial charge < -0.3 is 25.0 Å². The number of hydrogen-bond acceptors (Lipinski definition) is 8. The number of hydrogen-bond donors (Lipinski definition) is 3. The zero-order valence-corrected chi connectivity index (χ0v) is 32.7. The summed E-state index contributed by atoms with van der Waals surface area (Å²) >= 11 is 0. The Morgan fingerprint density at radius 3 is 2.35 bits per heavy atom. The van der Waals surface area contributed by atoms with Crippen molar-refractivity contribution in [3.05, 3.63) is 55.1 Å². The fourth-order valence-electron chi connectivity index (χ4n) is 6.97. The van der Waals surface area contributed by atoms with E-state index in [9.17, 15) is 4.79 Å². The molecule has 1 saturated carbocycles. The molecule has 0 spiro atoms. The van der Waals surface area contributed by atoms with Crippen LogP contribution >= 0.6 is 0 Å². The van der Waals surface area contributed by atoms with Gasteiger partial charge in [0.15, 0.2) is 0 Å². The number of methoxy groups -OCH3 is 2. The Morgan fingerprint density at radius 1 is 1.08 bits per heavy atom. The van der Waals surface area contributed by atoms with Crippen molar-refractivity contribution in [1.82, 2.24) is 25.9 Å². The van der Waals surface area contributed by atoms with Gasteiger partial charge in [-0.2, -0.15) is 5.11 Å². The van der Waals surface area contributed by atoms with E-state index in [1.807, 2.05) is 64.0 Å². The standard InChI is InChI=1S/C40H63N9O3/c1-10-29-21-35(31-23-33(51-8)25-34(24-31)52-9)38(44-39(50)45-40(4,5)6)43-37(22-29)42-36(11-2)41-26-28(3)46-47-48(7)32-17-19-49(20-18-32)27-30-15-13-12-14-16-30/h10-11,21,23-25,28-30,32,37H,1-2,12-20,22,26-27H2,3-9H3,(H,41,42)(H2,43,44,45,50)/b47-46-. The average molecular weight is 718 g/mol. The van der Waals surface area contributed by atoms with Crippen molar-refractivity contribution in [2.24, 2.45) is 32.2 Å². The molecule has 0 aromatic heterocycles. The van der Waals surface area contributed by atoms with Crippen LogP contribution in [0.5, 0.6) is 11.5 Å². The lowest BCUT2D eigenvalue weighted by molar-refractivity contribution is 0.105. The first-order valence-electron chi connectivity index (χ1n) is 18.9. The quantitative estimate of drug-likeness (QED) is 0.0662. The Morgan fingerprint density at radius 2 is 1.75 bits per heavy atom. The average Bonchev–Trinajstić information content (AvgIpc) is 3.30. The SMILES string of the molecule is C=C/C(=N\C1CC(C=C)C=C(c2cc(OC)cc(OC)c2)C(NC(=O)NC(C)(C)C)=N1)NCC(C)/N=N\N(C)C1CCN(CC2CCCCC2)CC1. The number of nitrogens with one attached hydrogen (secondary N) is 3. The monoisotopic (exact) mass is 718 g/mol. The third-order valence-corrected chi connectivity index (χ3v) is 9.86. The molecule has 4 rings (SSSR count). The van der Waals surface area contributed by atoms with Crippen molar-refractivity contribution in [1.29, 1.82) is 0 Å². The van der Waals surface area contributed by atoms with Crippen LogP contribution < -0.4 is 25.4 Å². The van der Waals surface area contributed by atoms with Crippen molar-refractivity contribution in [3.8, 4) is 11.5 Å². The smallest absolute Gasteiger partial charge is 0.320 e. The molecule has 3 N–H and O–H groups in total. The van der Waals surface area contributed by atoms with Crippen molar-refractivity contribution in [3.63, 3.8) is 0 Å². The topological polar surface area (TPSA) is 128 Å². The van der Waals surface area contributed by atoms with E-state index in [-0.39, 0.29) is 18.0 Å². The minimum Gasteiger partial charge on any atom is -0.497 e. The largest absolute Gasteiger partial charge is 0.497 e. The molecule has 3 atom stereocenters. The fraction of sp³-hybridized carbons (Fsp3) is 0.625. The first kappa shape index (κ1) is 40.6. The molecule has 12 nitrogen and oxygen atoms in total. The summed E-state index contributed by atoms with van der Waals surface area (Å²) in [6.45, 7) is 20.0. The summed E-state index contributed by atoms with van der Waals surface area (Å²) < 4.78 is 11.1. The highest BCUT2D eigenvalue weighted by molar-refractivity contribution is 6.26. The molecule has 0 radical (unpaired) electrons. The van der Waals surface area contributed by atoms with E-state index in [0.717, 1.165) is 37.4 Å². The van der Waals surface area contributed by atoms with Crippen LogP contribution in [0.15, 0.2) is 69.9 Å². The highest BCUT2D eigenvalue weighted by Crippen LogP contribution is 2.32. The lowest BCUT2D eigenvalue weighted by atomic mass is 9.88. The van der Waals surface area contributed by atoms with E-state index in [4.69, 9.17) is 19.5 Å². The summed E-state index contributed by atoms with van der Waals surface area (Å²) in [5.74, 6) is 2.99. The lowest BCUT2D eigenvalue weighted by Crippen LogP contribution is -2.48. The van der Waals surface area contributed by atoms with Crippen LogP contribution in [0, 0.1) is 11.8 Å². The molecule has 3 aliphatic rings. The molecule has 286 valence electrons. The minimum atomic E-state index is -0.540. The number of nitrogens with zero attached hydrogens (tertiary/aromatic N) is 6. The molecule has 52 heavy (non-hydrogen) atoms. The van der Waals surface area contributed by atoms with Crippen LogP contribution in [0.3, 0.4) is 0 Å². The van der Waals surface area contributed by atoms with Crippen LogP contribution in [0.25, 0.3) is 5.57 Å². The Balaban J connectivity index is 1.43. The summed E-state index contributed by atoms with van der Waals surface area (Å²) in [6, 6.07) is 5.53. The normalized spacial score (nSPS) is 21.7. The van der Waals surface area contributed by atoms with E-state index in [0.29, 0.717) is 47.8 Å². The van der Waals surface area contributed by atoms with E-state index < -0.39 is 11.7 Å². The Labute approximate surface area is 312 Å². The molecular formula is C40H63N9O3. The molecule has 2 aliphatic heterocycles. The zero-order chi connectivity index (χ0) is 37.7. The Bertz CT molecular complexity index is 1440. The van der Waals surface area contributed by atoms with Gasteiger partial charge in [-0.3, -0.25) is 10.3 Å². The third kappa shape index (κ3) is 12.8. The molecule has 1 aromatic rings. The maximum Gasteiger partial charge on any atom is 0.320 e. The van der Waals surface area contributed by atoms with Gasteiger partial charge in [-0.15, -0.1) is 6.58 Å². The van der Waals surface area contributed by atoms with E-state index in [1.165, 1.54) is 38.6 Å². The van der Waals surface area contributed by atoms with Gasteiger partial charge in [0.1, 0.15) is 29.3 Å². The van der Waals surface area contributed by atoms with Crippen LogP contribution in [0.4, 0.5) is 4.79 Å². The predicted octanol–water partition coefficient (Wildman–Crippen LogP) is 7.02. The summed E-state index contributed by atoms with van der Waals surface area (Å²) in [7, 11) is 5.25. The number of carbonyl (C=O) groups is 1.